The minimum Gasteiger partial charge on any atom is -0.383 e. The standard InChI is InChI=1S/C16H19BrClN3O/c1-20-14(5-8-19-20)16(22)6-9-21(10-7-16)11-12-3-2-4-13(18)15(12)17/h2-5,8,22H,6-7,9-11H2,1H3. The topological polar surface area (TPSA) is 41.3 Å². The number of rotatable bonds is 3. The van der Waals surface area contributed by atoms with Gasteiger partial charge in [0.25, 0.3) is 0 Å². The lowest BCUT2D eigenvalue weighted by molar-refractivity contribution is -0.0338. The summed E-state index contributed by atoms with van der Waals surface area (Å²) < 4.78 is 2.73. The molecule has 118 valence electrons. The van der Waals surface area contributed by atoms with Gasteiger partial charge in [-0.2, -0.15) is 5.10 Å². The van der Waals surface area contributed by atoms with Gasteiger partial charge >= 0.3 is 0 Å². The fourth-order valence-corrected chi connectivity index (χ4v) is 3.66. The summed E-state index contributed by atoms with van der Waals surface area (Å²) in [6, 6.07) is 7.84. The first-order valence-corrected chi connectivity index (χ1v) is 8.53. The monoisotopic (exact) mass is 383 g/mol. The van der Waals surface area contributed by atoms with E-state index in [2.05, 4.69) is 32.0 Å². The summed E-state index contributed by atoms with van der Waals surface area (Å²) in [5, 5.41) is 15.8. The van der Waals surface area contributed by atoms with Crippen LogP contribution in [0.4, 0.5) is 0 Å². The van der Waals surface area contributed by atoms with Crippen molar-refractivity contribution in [1.29, 1.82) is 0 Å². The van der Waals surface area contributed by atoms with Crippen molar-refractivity contribution in [3.63, 3.8) is 0 Å². The molecule has 1 aromatic carbocycles. The summed E-state index contributed by atoms with van der Waals surface area (Å²) in [5.41, 5.74) is 1.31. The quantitative estimate of drug-likeness (QED) is 0.882. The van der Waals surface area contributed by atoms with Crippen LogP contribution in [0.15, 0.2) is 34.9 Å². The lowest BCUT2D eigenvalue weighted by atomic mass is 9.88. The van der Waals surface area contributed by atoms with Gasteiger partial charge < -0.3 is 5.11 Å². The van der Waals surface area contributed by atoms with E-state index < -0.39 is 5.60 Å². The molecule has 1 aromatic heterocycles. The summed E-state index contributed by atoms with van der Waals surface area (Å²) in [6.45, 7) is 2.53. The largest absolute Gasteiger partial charge is 0.383 e. The third-order valence-corrected chi connectivity index (χ3v) is 5.89. The molecule has 0 radical (unpaired) electrons. The fraction of sp³-hybridized carbons (Fsp3) is 0.438. The van der Waals surface area contributed by atoms with Crippen LogP contribution in [0.5, 0.6) is 0 Å². The maximum absolute atomic E-state index is 10.9. The first-order chi connectivity index (χ1) is 10.5. The molecule has 0 bridgehead atoms. The van der Waals surface area contributed by atoms with Gasteiger partial charge in [0, 0.05) is 37.4 Å². The molecule has 22 heavy (non-hydrogen) atoms. The van der Waals surface area contributed by atoms with E-state index in [4.69, 9.17) is 11.6 Å². The number of hydrogen-bond donors (Lipinski definition) is 1. The van der Waals surface area contributed by atoms with Gasteiger partial charge in [-0.3, -0.25) is 9.58 Å². The van der Waals surface area contributed by atoms with Crippen molar-refractivity contribution in [1.82, 2.24) is 14.7 Å². The van der Waals surface area contributed by atoms with E-state index in [-0.39, 0.29) is 0 Å². The Kier molecular flexibility index (Phi) is 4.59. The average Bonchev–Trinajstić information content (AvgIpc) is 2.93. The Labute approximate surface area is 143 Å². The Morgan fingerprint density at radius 1 is 1.32 bits per heavy atom. The third kappa shape index (κ3) is 3.08. The second-order valence-electron chi connectivity index (χ2n) is 5.86. The average molecular weight is 385 g/mol. The number of halogens is 2. The molecule has 1 aliphatic rings. The fourth-order valence-electron chi connectivity index (χ4n) is 3.08. The van der Waals surface area contributed by atoms with Crippen LogP contribution in [0, 0.1) is 0 Å². The van der Waals surface area contributed by atoms with E-state index in [1.165, 1.54) is 5.56 Å². The number of aliphatic hydroxyl groups is 1. The molecule has 0 unspecified atom stereocenters. The molecule has 1 fully saturated rings. The number of piperidine rings is 1. The van der Waals surface area contributed by atoms with Gasteiger partial charge in [0.05, 0.1) is 10.7 Å². The second-order valence-corrected chi connectivity index (χ2v) is 7.06. The highest BCUT2D eigenvalue weighted by molar-refractivity contribution is 9.10. The molecule has 1 saturated heterocycles. The molecule has 2 heterocycles. The van der Waals surface area contributed by atoms with E-state index in [1.807, 2.05) is 25.2 Å². The third-order valence-electron chi connectivity index (χ3n) is 4.41. The van der Waals surface area contributed by atoms with E-state index in [0.717, 1.165) is 34.8 Å². The maximum Gasteiger partial charge on any atom is 0.109 e. The normalized spacial score (nSPS) is 18.5. The first kappa shape index (κ1) is 16.0. The molecular formula is C16H19BrClN3O. The van der Waals surface area contributed by atoms with Crippen LogP contribution < -0.4 is 0 Å². The van der Waals surface area contributed by atoms with Crippen molar-refractivity contribution >= 4 is 27.5 Å². The van der Waals surface area contributed by atoms with E-state index in [0.29, 0.717) is 12.8 Å². The van der Waals surface area contributed by atoms with Crippen molar-refractivity contribution < 1.29 is 5.11 Å². The van der Waals surface area contributed by atoms with Gasteiger partial charge in [-0.25, -0.2) is 0 Å². The molecule has 6 heteroatoms. The zero-order chi connectivity index (χ0) is 15.7. The van der Waals surface area contributed by atoms with Gasteiger partial charge in [0.1, 0.15) is 5.60 Å². The number of aryl methyl sites for hydroxylation is 1. The number of nitrogens with zero attached hydrogens (tertiary/aromatic N) is 3. The second kappa shape index (κ2) is 6.32. The highest BCUT2D eigenvalue weighted by atomic mass is 79.9. The zero-order valence-corrected chi connectivity index (χ0v) is 14.8. The number of likely N-dealkylation sites (tertiary alicyclic amines) is 1. The predicted molar refractivity (Wildman–Crippen MR) is 90.8 cm³/mol. The summed E-state index contributed by atoms with van der Waals surface area (Å²) in [7, 11) is 1.88. The Balaban J connectivity index is 1.67. The van der Waals surface area contributed by atoms with Crippen molar-refractivity contribution in [2.24, 2.45) is 7.05 Å². The molecule has 0 atom stereocenters. The van der Waals surface area contributed by atoms with Crippen LogP contribution in [0.1, 0.15) is 24.1 Å². The van der Waals surface area contributed by atoms with Crippen LogP contribution in [0.3, 0.4) is 0 Å². The number of benzene rings is 1. The molecule has 4 nitrogen and oxygen atoms in total. The highest BCUT2D eigenvalue weighted by Gasteiger charge is 2.36. The van der Waals surface area contributed by atoms with Crippen LogP contribution in [-0.2, 0) is 19.2 Å². The zero-order valence-electron chi connectivity index (χ0n) is 12.5. The Hall–Kier alpha value is -0.880. The minimum atomic E-state index is -0.771. The molecule has 0 aliphatic carbocycles. The van der Waals surface area contributed by atoms with Gasteiger partial charge in [-0.1, -0.05) is 23.7 Å². The maximum atomic E-state index is 10.9. The minimum absolute atomic E-state index is 0.713. The van der Waals surface area contributed by atoms with Crippen LogP contribution in [-0.4, -0.2) is 32.9 Å². The van der Waals surface area contributed by atoms with Crippen LogP contribution >= 0.6 is 27.5 Å². The summed E-state index contributed by atoms with van der Waals surface area (Å²) in [6.07, 6.45) is 3.16. The molecule has 1 aliphatic heterocycles. The Bertz CT molecular complexity index is 665. The molecule has 0 spiro atoms. The van der Waals surface area contributed by atoms with Gasteiger partial charge in [0.2, 0.25) is 0 Å². The summed E-state index contributed by atoms with van der Waals surface area (Å²) in [5.74, 6) is 0. The van der Waals surface area contributed by atoms with Crippen LogP contribution in [0.25, 0.3) is 0 Å². The molecule has 0 amide bonds. The first-order valence-electron chi connectivity index (χ1n) is 7.36. The predicted octanol–water partition coefficient (Wildman–Crippen LogP) is 3.32. The Morgan fingerprint density at radius 3 is 2.68 bits per heavy atom. The molecule has 3 rings (SSSR count). The summed E-state index contributed by atoms with van der Waals surface area (Å²) in [4.78, 5) is 2.35. The number of aromatic nitrogens is 2. The van der Waals surface area contributed by atoms with E-state index >= 15 is 0 Å². The lowest BCUT2D eigenvalue weighted by Crippen LogP contribution is -2.43. The van der Waals surface area contributed by atoms with Crippen molar-refractivity contribution in [2.45, 2.75) is 25.0 Å². The summed E-state index contributed by atoms with van der Waals surface area (Å²) >= 11 is 9.70. The highest BCUT2D eigenvalue weighted by Crippen LogP contribution is 2.34. The van der Waals surface area contributed by atoms with Gasteiger partial charge in [-0.05, 0) is 46.5 Å². The van der Waals surface area contributed by atoms with E-state index in [9.17, 15) is 5.11 Å². The molecule has 2 aromatic rings. The molecule has 1 N–H and O–H groups in total. The number of hydrogen-bond acceptors (Lipinski definition) is 3. The van der Waals surface area contributed by atoms with Gasteiger partial charge in [0.15, 0.2) is 0 Å². The smallest absolute Gasteiger partial charge is 0.109 e. The van der Waals surface area contributed by atoms with E-state index in [1.54, 1.807) is 10.9 Å². The SMILES string of the molecule is Cn1nccc1C1(O)CCN(Cc2cccc(Cl)c2Br)CC1. The Morgan fingerprint density at radius 2 is 2.05 bits per heavy atom. The van der Waals surface area contributed by atoms with Crippen LogP contribution in [0.2, 0.25) is 5.02 Å². The molecule has 0 saturated carbocycles. The molecular weight excluding hydrogens is 366 g/mol. The van der Waals surface area contributed by atoms with Crippen molar-refractivity contribution in [3.8, 4) is 0 Å². The van der Waals surface area contributed by atoms with Crippen molar-refractivity contribution in [3.05, 3.63) is 51.2 Å². The van der Waals surface area contributed by atoms with Gasteiger partial charge in [-0.15, -0.1) is 0 Å². The van der Waals surface area contributed by atoms with Crippen molar-refractivity contribution in [2.75, 3.05) is 13.1 Å². The lowest BCUT2D eigenvalue weighted by Gasteiger charge is -2.38.